The summed E-state index contributed by atoms with van der Waals surface area (Å²) in [5.74, 6) is -0.366. The van der Waals surface area contributed by atoms with Gasteiger partial charge in [-0.3, -0.25) is 15.6 Å². The number of carbonyl (C=O) groups excluding carboxylic acids is 1. The average molecular weight is 459 g/mol. The number of amides is 1. The highest BCUT2D eigenvalue weighted by Crippen LogP contribution is 2.30. The minimum absolute atomic E-state index is 0.0194. The second-order valence-corrected chi connectivity index (χ2v) is 7.64. The highest BCUT2D eigenvalue weighted by Gasteiger charge is 2.28. The number of carbonyl (C=O) groups is 1. The SMILES string of the molecule is C=C(NNC(=O)c1nnn(-c2nonc2N)c1CN1CCc2ccccc21)c1ccccc1O. The smallest absolute Gasteiger partial charge is 0.292 e. The predicted octanol–water partition coefficient (Wildman–Crippen LogP) is 1.41. The minimum Gasteiger partial charge on any atom is -0.507 e. The summed E-state index contributed by atoms with van der Waals surface area (Å²) < 4.78 is 6.06. The third-order valence-corrected chi connectivity index (χ3v) is 5.55. The number of fused-ring (bicyclic) bond motifs is 1. The van der Waals surface area contributed by atoms with Crippen LogP contribution in [0.15, 0.2) is 59.7 Å². The van der Waals surface area contributed by atoms with Crippen molar-refractivity contribution in [2.75, 3.05) is 17.2 Å². The molecule has 4 aromatic rings. The van der Waals surface area contributed by atoms with Gasteiger partial charge in [0.2, 0.25) is 11.6 Å². The maximum absolute atomic E-state index is 13.1. The summed E-state index contributed by atoms with van der Waals surface area (Å²) in [6.45, 7) is 4.94. The van der Waals surface area contributed by atoms with Gasteiger partial charge in [0.15, 0.2) is 5.69 Å². The van der Waals surface area contributed by atoms with Gasteiger partial charge < -0.3 is 15.7 Å². The average Bonchev–Trinajstić information content (AvgIpc) is 3.56. The third kappa shape index (κ3) is 3.77. The Balaban J connectivity index is 1.42. The van der Waals surface area contributed by atoms with Crippen LogP contribution >= 0.6 is 0 Å². The highest BCUT2D eigenvalue weighted by atomic mass is 16.6. The maximum atomic E-state index is 13.1. The van der Waals surface area contributed by atoms with Crippen molar-refractivity contribution < 1.29 is 14.5 Å². The monoisotopic (exact) mass is 459 g/mol. The number of phenolic OH excluding ortho intramolecular Hbond substituents is 1. The molecule has 1 aliphatic rings. The van der Waals surface area contributed by atoms with Gasteiger partial charge in [-0.25, -0.2) is 4.63 Å². The largest absolute Gasteiger partial charge is 0.507 e. The number of anilines is 2. The molecular weight excluding hydrogens is 438 g/mol. The lowest BCUT2D eigenvalue weighted by Gasteiger charge is -2.20. The number of phenols is 1. The van der Waals surface area contributed by atoms with E-state index in [0.29, 0.717) is 23.5 Å². The number of benzene rings is 2. The second-order valence-electron chi connectivity index (χ2n) is 7.64. The van der Waals surface area contributed by atoms with Crippen LogP contribution < -0.4 is 21.5 Å². The van der Waals surface area contributed by atoms with Crippen molar-refractivity contribution in [3.05, 3.63) is 77.6 Å². The van der Waals surface area contributed by atoms with Crippen LogP contribution in [0, 0.1) is 0 Å². The maximum Gasteiger partial charge on any atom is 0.292 e. The van der Waals surface area contributed by atoms with Crippen molar-refractivity contribution in [1.29, 1.82) is 0 Å². The van der Waals surface area contributed by atoms with Crippen LogP contribution in [0.4, 0.5) is 11.5 Å². The fraction of sp³-hybridized carbons (Fsp3) is 0.136. The van der Waals surface area contributed by atoms with Crippen molar-refractivity contribution in [3.63, 3.8) is 0 Å². The molecule has 2 aromatic heterocycles. The second kappa shape index (κ2) is 8.58. The van der Waals surface area contributed by atoms with E-state index in [1.165, 1.54) is 16.3 Å². The first kappa shape index (κ1) is 21.0. The van der Waals surface area contributed by atoms with Gasteiger partial charge in [0, 0.05) is 17.8 Å². The fourth-order valence-corrected chi connectivity index (χ4v) is 3.87. The zero-order chi connectivity index (χ0) is 23.7. The molecule has 0 spiro atoms. The van der Waals surface area contributed by atoms with Gasteiger partial charge in [0.05, 0.1) is 17.9 Å². The number of nitrogens with one attached hydrogen (secondary N) is 2. The number of nitrogen functional groups attached to an aromatic ring is 1. The summed E-state index contributed by atoms with van der Waals surface area (Å²) in [5, 5.41) is 25.6. The standard InChI is InChI=1S/C22H21N9O3/c1-13(15-7-3-5-9-18(15)32)24-26-22(33)19-17(31(29-25-19)21-20(23)27-34-28-21)12-30-11-10-14-6-2-4-8-16(14)30/h2-9,24,32H,1,10-12H2,(H2,23,27)(H,26,33). The Kier molecular flexibility index (Phi) is 5.30. The molecule has 0 saturated carbocycles. The number of nitrogens with zero attached hydrogens (tertiary/aromatic N) is 6. The molecule has 12 nitrogen and oxygen atoms in total. The highest BCUT2D eigenvalue weighted by molar-refractivity contribution is 5.93. The van der Waals surface area contributed by atoms with E-state index in [-0.39, 0.29) is 23.1 Å². The van der Waals surface area contributed by atoms with Crippen molar-refractivity contribution in [1.82, 2.24) is 36.2 Å². The van der Waals surface area contributed by atoms with Crippen LogP contribution in [0.1, 0.15) is 27.3 Å². The number of rotatable bonds is 7. The van der Waals surface area contributed by atoms with Gasteiger partial charge >= 0.3 is 0 Å². The van der Waals surface area contributed by atoms with E-state index in [0.717, 1.165) is 18.7 Å². The number of aromatic hydroxyl groups is 1. The van der Waals surface area contributed by atoms with E-state index in [1.54, 1.807) is 18.2 Å². The number of nitrogens with two attached hydrogens (primary N) is 1. The Bertz CT molecular complexity index is 1380. The number of hydrogen-bond donors (Lipinski definition) is 4. The Morgan fingerprint density at radius 2 is 1.94 bits per heavy atom. The van der Waals surface area contributed by atoms with E-state index in [2.05, 4.69) is 49.0 Å². The normalized spacial score (nSPS) is 12.4. The summed E-state index contributed by atoms with van der Waals surface area (Å²) in [4.78, 5) is 15.2. The fourth-order valence-electron chi connectivity index (χ4n) is 3.87. The van der Waals surface area contributed by atoms with Crippen LogP contribution in [0.3, 0.4) is 0 Å². The van der Waals surface area contributed by atoms with Crippen LogP contribution in [0.2, 0.25) is 0 Å². The number of aromatic nitrogens is 5. The van der Waals surface area contributed by atoms with Crippen molar-refractivity contribution in [3.8, 4) is 11.6 Å². The van der Waals surface area contributed by atoms with E-state index in [9.17, 15) is 9.90 Å². The van der Waals surface area contributed by atoms with E-state index < -0.39 is 5.91 Å². The first-order chi connectivity index (χ1) is 16.5. The van der Waals surface area contributed by atoms with Gasteiger partial charge in [0.1, 0.15) is 5.75 Å². The number of hydrogen-bond acceptors (Lipinski definition) is 10. The molecule has 34 heavy (non-hydrogen) atoms. The number of para-hydroxylation sites is 2. The molecule has 0 bridgehead atoms. The zero-order valence-corrected chi connectivity index (χ0v) is 18.0. The van der Waals surface area contributed by atoms with E-state index in [4.69, 9.17) is 10.4 Å². The van der Waals surface area contributed by atoms with Gasteiger partial charge in [-0.1, -0.05) is 42.1 Å². The lowest BCUT2D eigenvalue weighted by Crippen LogP contribution is -2.37. The summed E-state index contributed by atoms with van der Waals surface area (Å²) in [6, 6.07) is 14.7. The molecule has 1 aliphatic heterocycles. The molecule has 0 atom stereocenters. The zero-order valence-electron chi connectivity index (χ0n) is 18.0. The summed E-state index contributed by atoms with van der Waals surface area (Å²) >= 11 is 0. The van der Waals surface area contributed by atoms with Crippen LogP contribution in [-0.2, 0) is 13.0 Å². The van der Waals surface area contributed by atoms with E-state index in [1.807, 2.05) is 18.2 Å². The van der Waals surface area contributed by atoms with Crippen molar-refractivity contribution in [2.24, 2.45) is 0 Å². The molecule has 12 heteroatoms. The third-order valence-electron chi connectivity index (χ3n) is 5.55. The molecule has 5 rings (SSSR count). The van der Waals surface area contributed by atoms with Gasteiger partial charge in [-0.2, -0.15) is 4.68 Å². The summed E-state index contributed by atoms with van der Waals surface area (Å²) in [5.41, 5.74) is 14.7. The lowest BCUT2D eigenvalue weighted by atomic mass is 10.1. The van der Waals surface area contributed by atoms with Crippen molar-refractivity contribution >= 4 is 23.1 Å². The molecule has 0 saturated heterocycles. The Morgan fingerprint density at radius 1 is 1.15 bits per heavy atom. The molecule has 0 radical (unpaired) electrons. The Labute approximate surface area is 193 Å². The molecule has 3 heterocycles. The molecule has 0 aliphatic carbocycles. The lowest BCUT2D eigenvalue weighted by molar-refractivity contribution is 0.0936. The van der Waals surface area contributed by atoms with Crippen LogP contribution in [-0.4, -0.2) is 42.9 Å². The quantitative estimate of drug-likeness (QED) is 0.297. The Morgan fingerprint density at radius 3 is 2.74 bits per heavy atom. The minimum atomic E-state index is -0.555. The van der Waals surface area contributed by atoms with Gasteiger partial charge in [-0.15, -0.1) is 5.10 Å². The topological polar surface area (TPSA) is 160 Å². The van der Waals surface area contributed by atoms with Crippen LogP contribution in [0.5, 0.6) is 5.75 Å². The first-order valence-corrected chi connectivity index (χ1v) is 10.4. The Hall–Kier alpha value is -4.87. The number of hydrazine groups is 1. The molecule has 2 aromatic carbocycles. The molecule has 172 valence electrons. The summed E-state index contributed by atoms with van der Waals surface area (Å²) in [6.07, 6.45) is 0.884. The molecule has 0 fully saturated rings. The van der Waals surface area contributed by atoms with Crippen molar-refractivity contribution in [2.45, 2.75) is 13.0 Å². The van der Waals surface area contributed by atoms with Gasteiger partial charge in [-0.05, 0) is 40.5 Å². The van der Waals surface area contributed by atoms with Gasteiger partial charge in [0.25, 0.3) is 5.91 Å². The molecule has 0 unspecified atom stereocenters. The summed E-state index contributed by atoms with van der Waals surface area (Å²) in [7, 11) is 0. The molecular formula is C22H21N9O3. The first-order valence-electron chi connectivity index (χ1n) is 10.4. The molecule has 5 N–H and O–H groups in total. The predicted molar refractivity (Wildman–Crippen MR) is 123 cm³/mol. The van der Waals surface area contributed by atoms with Crippen LogP contribution in [0.25, 0.3) is 11.5 Å². The molecule has 1 amide bonds. The van der Waals surface area contributed by atoms with E-state index >= 15 is 0 Å².